The molecule has 0 spiro atoms. The fourth-order valence-electron chi connectivity index (χ4n) is 1.87. The predicted molar refractivity (Wildman–Crippen MR) is 88.3 cm³/mol. The Balaban J connectivity index is 1.89. The van der Waals surface area contributed by atoms with E-state index in [1.54, 1.807) is 24.3 Å². The van der Waals surface area contributed by atoms with E-state index in [9.17, 15) is 9.59 Å². The highest BCUT2D eigenvalue weighted by molar-refractivity contribution is 8.00. The standard InChI is InChI=1S/C17H17NO3S/c1-12-5-3-4-6-15(12)22-11-16(19)18-14-9-7-13(8-10-14)17(20)21-2/h3-10H,11H2,1-2H3,(H,18,19). The number of amides is 1. The number of thioether (sulfide) groups is 1. The molecular weight excluding hydrogens is 298 g/mol. The first kappa shape index (κ1) is 16.1. The molecule has 0 aliphatic heterocycles. The molecule has 1 N–H and O–H groups in total. The number of benzene rings is 2. The molecule has 2 aromatic rings. The molecule has 0 fully saturated rings. The Labute approximate surface area is 133 Å². The second-order valence-electron chi connectivity index (χ2n) is 4.67. The topological polar surface area (TPSA) is 55.4 Å². The molecule has 0 unspecified atom stereocenters. The van der Waals surface area contributed by atoms with Crippen LogP contribution in [-0.2, 0) is 9.53 Å². The van der Waals surface area contributed by atoms with Crippen LogP contribution in [0.1, 0.15) is 15.9 Å². The van der Waals surface area contributed by atoms with E-state index in [1.165, 1.54) is 18.9 Å². The lowest BCUT2D eigenvalue weighted by molar-refractivity contribution is -0.113. The van der Waals surface area contributed by atoms with Crippen LogP contribution >= 0.6 is 11.8 Å². The third kappa shape index (κ3) is 4.36. The van der Waals surface area contributed by atoms with Crippen LogP contribution < -0.4 is 5.32 Å². The number of hydrogen-bond donors (Lipinski definition) is 1. The Morgan fingerprint density at radius 3 is 2.41 bits per heavy atom. The molecular formula is C17H17NO3S. The highest BCUT2D eigenvalue weighted by atomic mass is 32.2. The van der Waals surface area contributed by atoms with E-state index in [2.05, 4.69) is 10.1 Å². The molecule has 114 valence electrons. The van der Waals surface area contributed by atoms with Crippen molar-refractivity contribution >= 4 is 29.3 Å². The maximum atomic E-state index is 11.9. The number of aryl methyl sites for hydroxylation is 1. The lowest BCUT2D eigenvalue weighted by Gasteiger charge is -2.07. The Hall–Kier alpha value is -2.27. The van der Waals surface area contributed by atoms with Crippen molar-refractivity contribution in [1.29, 1.82) is 0 Å². The van der Waals surface area contributed by atoms with Gasteiger partial charge in [0.2, 0.25) is 5.91 Å². The highest BCUT2D eigenvalue weighted by Crippen LogP contribution is 2.22. The van der Waals surface area contributed by atoms with Gasteiger partial charge in [-0.15, -0.1) is 11.8 Å². The Morgan fingerprint density at radius 1 is 1.09 bits per heavy atom. The van der Waals surface area contributed by atoms with Gasteiger partial charge in [0.25, 0.3) is 0 Å². The first-order valence-corrected chi connectivity index (χ1v) is 7.75. The summed E-state index contributed by atoms with van der Waals surface area (Å²) in [6.07, 6.45) is 0. The SMILES string of the molecule is COC(=O)c1ccc(NC(=O)CSc2ccccc2C)cc1. The average molecular weight is 315 g/mol. The lowest BCUT2D eigenvalue weighted by Crippen LogP contribution is -2.14. The minimum atomic E-state index is -0.395. The van der Waals surface area contributed by atoms with Crippen molar-refractivity contribution in [2.45, 2.75) is 11.8 Å². The van der Waals surface area contributed by atoms with Gasteiger partial charge in [0.05, 0.1) is 18.4 Å². The van der Waals surface area contributed by atoms with Crippen molar-refractivity contribution in [2.24, 2.45) is 0 Å². The number of ether oxygens (including phenoxy) is 1. The number of methoxy groups -OCH3 is 1. The summed E-state index contributed by atoms with van der Waals surface area (Å²) < 4.78 is 4.63. The second kappa shape index (κ2) is 7.66. The smallest absolute Gasteiger partial charge is 0.337 e. The third-order valence-corrected chi connectivity index (χ3v) is 4.22. The van der Waals surface area contributed by atoms with Gasteiger partial charge in [-0.05, 0) is 42.8 Å². The van der Waals surface area contributed by atoms with Gasteiger partial charge in [0.1, 0.15) is 0 Å². The van der Waals surface area contributed by atoms with Crippen LogP contribution in [0.3, 0.4) is 0 Å². The van der Waals surface area contributed by atoms with Crippen LogP contribution in [0.5, 0.6) is 0 Å². The number of carbonyl (C=O) groups is 2. The fraction of sp³-hybridized carbons (Fsp3) is 0.176. The molecule has 2 aromatic carbocycles. The van der Waals surface area contributed by atoms with E-state index in [1.807, 2.05) is 31.2 Å². The third-order valence-electron chi connectivity index (χ3n) is 3.04. The van der Waals surface area contributed by atoms with Crippen LogP contribution in [0.2, 0.25) is 0 Å². The summed E-state index contributed by atoms with van der Waals surface area (Å²) in [5.41, 5.74) is 2.26. The van der Waals surface area contributed by atoms with Crippen molar-refractivity contribution in [1.82, 2.24) is 0 Å². The van der Waals surface area contributed by atoms with E-state index in [0.717, 1.165) is 10.5 Å². The van der Waals surface area contributed by atoms with Crippen LogP contribution in [0.15, 0.2) is 53.4 Å². The number of nitrogens with one attached hydrogen (secondary N) is 1. The van der Waals surface area contributed by atoms with Crippen LogP contribution in [0.4, 0.5) is 5.69 Å². The van der Waals surface area contributed by atoms with Crippen LogP contribution in [0, 0.1) is 6.92 Å². The summed E-state index contributed by atoms with van der Waals surface area (Å²) in [5, 5.41) is 2.80. The van der Waals surface area contributed by atoms with Gasteiger partial charge in [-0.3, -0.25) is 4.79 Å². The lowest BCUT2D eigenvalue weighted by atomic mass is 10.2. The second-order valence-corrected chi connectivity index (χ2v) is 5.69. The fourth-order valence-corrected chi connectivity index (χ4v) is 2.70. The number of anilines is 1. The van der Waals surface area contributed by atoms with Crippen molar-refractivity contribution in [3.63, 3.8) is 0 Å². The van der Waals surface area contributed by atoms with Crippen LogP contribution in [0.25, 0.3) is 0 Å². The Kier molecular flexibility index (Phi) is 5.61. The van der Waals surface area contributed by atoms with E-state index >= 15 is 0 Å². The zero-order chi connectivity index (χ0) is 15.9. The summed E-state index contributed by atoms with van der Waals surface area (Å²) in [5.74, 6) is -0.143. The molecule has 0 heterocycles. The summed E-state index contributed by atoms with van der Waals surface area (Å²) in [7, 11) is 1.33. The van der Waals surface area contributed by atoms with Gasteiger partial charge in [-0.25, -0.2) is 4.79 Å². The number of esters is 1. The maximum absolute atomic E-state index is 11.9. The van der Waals surface area contributed by atoms with Gasteiger partial charge in [-0.1, -0.05) is 18.2 Å². The van der Waals surface area contributed by atoms with E-state index in [-0.39, 0.29) is 5.91 Å². The van der Waals surface area contributed by atoms with Crippen LogP contribution in [-0.4, -0.2) is 24.7 Å². The first-order chi connectivity index (χ1) is 10.6. The molecule has 0 aromatic heterocycles. The quantitative estimate of drug-likeness (QED) is 0.677. The predicted octanol–water partition coefficient (Wildman–Crippen LogP) is 3.51. The largest absolute Gasteiger partial charge is 0.465 e. The molecule has 5 heteroatoms. The van der Waals surface area contributed by atoms with Gasteiger partial charge in [0.15, 0.2) is 0 Å². The highest BCUT2D eigenvalue weighted by Gasteiger charge is 2.07. The van der Waals surface area contributed by atoms with Crippen molar-refractivity contribution < 1.29 is 14.3 Å². The van der Waals surface area contributed by atoms with Gasteiger partial charge < -0.3 is 10.1 Å². The monoisotopic (exact) mass is 315 g/mol. The Morgan fingerprint density at radius 2 is 1.77 bits per heavy atom. The average Bonchev–Trinajstić information content (AvgIpc) is 2.54. The number of rotatable bonds is 5. The summed E-state index contributed by atoms with van der Waals surface area (Å²) >= 11 is 1.50. The van der Waals surface area contributed by atoms with Crippen molar-refractivity contribution in [3.8, 4) is 0 Å². The molecule has 0 saturated heterocycles. The molecule has 0 aliphatic rings. The zero-order valence-electron chi connectivity index (χ0n) is 12.5. The number of carbonyl (C=O) groups excluding carboxylic acids is 2. The first-order valence-electron chi connectivity index (χ1n) is 6.77. The molecule has 1 amide bonds. The zero-order valence-corrected chi connectivity index (χ0v) is 13.3. The summed E-state index contributed by atoms with van der Waals surface area (Å²) in [6.45, 7) is 2.02. The molecule has 0 saturated carbocycles. The molecule has 0 radical (unpaired) electrons. The maximum Gasteiger partial charge on any atom is 0.337 e. The normalized spacial score (nSPS) is 10.1. The molecule has 2 rings (SSSR count). The van der Waals surface area contributed by atoms with E-state index in [0.29, 0.717) is 17.0 Å². The molecule has 0 bridgehead atoms. The number of hydrogen-bond acceptors (Lipinski definition) is 4. The van der Waals surface area contributed by atoms with Crippen molar-refractivity contribution in [2.75, 3.05) is 18.2 Å². The summed E-state index contributed by atoms with van der Waals surface area (Å²) in [4.78, 5) is 24.4. The molecule has 0 atom stereocenters. The molecule has 4 nitrogen and oxygen atoms in total. The minimum absolute atomic E-state index is 0.0842. The van der Waals surface area contributed by atoms with Gasteiger partial charge in [-0.2, -0.15) is 0 Å². The van der Waals surface area contributed by atoms with E-state index in [4.69, 9.17) is 0 Å². The van der Waals surface area contributed by atoms with E-state index < -0.39 is 5.97 Å². The Bertz CT molecular complexity index is 668. The summed E-state index contributed by atoms with van der Waals surface area (Å²) in [6, 6.07) is 14.6. The van der Waals surface area contributed by atoms with Gasteiger partial charge in [0, 0.05) is 10.6 Å². The van der Waals surface area contributed by atoms with Crippen molar-refractivity contribution in [3.05, 3.63) is 59.7 Å². The minimum Gasteiger partial charge on any atom is -0.465 e. The molecule has 22 heavy (non-hydrogen) atoms. The molecule has 0 aliphatic carbocycles. The van der Waals surface area contributed by atoms with Gasteiger partial charge >= 0.3 is 5.97 Å².